The number of ether oxygens (including phenoxy) is 2. The molecule has 0 bridgehead atoms. The minimum absolute atomic E-state index is 0.293. The summed E-state index contributed by atoms with van der Waals surface area (Å²) in [5, 5.41) is 1.91. The Morgan fingerprint density at radius 2 is 1.59 bits per heavy atom. The van der Waals surface area contributed by atoms with Gasteiger partial charge in [-0.1, -0.05) is 36.4 Å². The summed E-state index contributed by atoms with van der Waals surface area (Å²) in [6, 6.07) is 22.1. The van der Waals surface area contributed by atoms with Crippen molar-refractivity contribution in [3.63, 3.8) is 0 Å². The summed E-state index contributed by atoms with van der Waals surface area (Å²) < 4.78 is 42.3. The molecular weight excluding hydrogens is 424 g/mol. The third kappa shape index (κ3) is 3.34. The summed E-state index contributed by atoms with van der Waals surface area (Å²) in [6.45, 7) is 0.967. The second-order valence-electron chi connectivity index (χ2n) is 7.77. The van der Waals surface area contributed by atoms with Gasteiger partial charge in [-0.05, 0) is 52.7 Å². The van der Waals surface area contributed by atoms with E-state index in [1.807, 2.05) is 66.9 Å². The zero-order valence-electron chi connectivity index (χ0n) is 17.9. The zero-order chi connectivity index (χ0) is 22.3. The number of hydrogen-bond donors (Lipinski definition) is 0. The van der Waals surface area contributed by atoms with Crippen molar-refractivity contribution in [2.75, 3.05) is 20.8 Å². The summed E-state index contributed by atoms with van der Waals surface area (Å²) >= 11 is 0. The minimum atomic E-state index is -3.76. The van der Waals surface area contributed by atoms with Crippen molar-refractivity contribution >= 4 is 20.8 Å². The quantitative estimate of drug-likeness (QED) is 0.453. The summed E-state index contributed by atoms with van der Waals surface area (Å²) in [7, 11) is -0.597. The number of rotatable bonds is 5. The maximum absolute atomic E-state index is 13.9. The molecule has 0 aliphatic carbocycles. The van der Waals surface area contributed by atoms with Crippen LogP contribution in [0.2, 0.25) is 0 Å². The van der Waals surface area contributed by atoms with E-state index in [9.17, 15) is 8.42 Å². The van der Waals surface area contributed by atoms with E-state index in [1.54, 1.807) is 30.7 Å². The number of methoxy groups -OCH3 is 2. The highest BCUT2D eigenvalue weighted by Gasteiger charge is 2.38. The fourth-order valence-corrected chi connectivity index (χ4v) is 6.06. The molecule has 0 saturated carbocycles. The Kier molecular flexibility index (Phi) is 5.15. The molecule has 0 unspecified atom stereocenters. The standard InChI is InChI=1S/C25H24N2O4S/c1-30-23-12-10-20(17-24(23)31-2)25-22-8-5-13-26(22)14-15-27(25)32(28,29)21-11-9-18-6-3-4-7-19(18)16-21/h3-13,16-17,25H,14-15H2,1-2H3/t25-/m1/s1. The van der Waals surface area contributed by atoms with Crippen molar-refractivity contribution in [2.45, 2.75) is 17.5 Å². The molecule has 2 heterocycles. The second-order valence-corrected chi connectivity index (χ2v) is 9.66. The first-order valence-electron chi connectivity index (χ1n) is 10.4. The smallest absolute Gasteiger partial charge is 0.244 e. The van der Waals surface area contributed by atoms with Crippen molar-refractivity contribution < 1.29 is 17.9 Å². The van der Waals surface area contributed by atoms with Gasteiger partial charge in [-0.3, -0.25) is 0 Å². The fraction of sp³-hybridized carbons (Fsp3) is 0.200. The molecule has 6 nitrogen and oxygen atoms in total. The topological polar surface area (TPSA) is 60.8 Å². The molecule has 1 aromatic heterocycles. The Hall–Kier alpha value is -3.29. The number of nitrogens with zero attached hydrogens (tertiary/aromatic N) is 2. The maximum atomic E-state index is 13.9. The van der Waals surface area contributed by atoms with E-state index in [2.05, 4.69) is 4.57 Å². The van der Waals surface area contributed by atoms with Crippen LogP contribution in [-0.4, -0.2) is 38.1 Å². The van der Waals surface area contributed by atoms with Gasteiger partial charge in [-0.25, -0.2) is 8.42 Å². The predicted molar refractivity (Wildman–Crippen MR) is 124 cm³/mol. The molecule has 0 fully saturated rings. The van der Waals surface area contributed by atoms with Crippen LogP contribution in [-0.2, 0) is 16.6 Å². The molecule has 0 radical (unpaired) electrons. The number of fused-ring (bicyclic) bond motifs is 2. The number of aromatic nitrogens is 1. The van der Waals surface area contributed by atoms with Gasteiger partial charge in [-0.2, -0.15) is 4.31 Å². The first-order chi connectivity index (χ1) is 15.5. The molecule has 0 N–H and O–H groups in total. The summed E-state index contributed by atoms with van der Waals surface area (Å²) in [6.07, 6.45) is 1.99. The van der Waals surface area contributed by atoms with Gasteiger partial charge in [0.1, 0.15) is 0 Å². The van der Waals surface area contributed by atoms with E-state index < -0.39 is 16.1 Å². The molecule has 1 atom stereocenters. The van der Waals surface area contributed by atoms with Crippen molar-refractivity contribution in [1.29, 1.82) is 0 Å². The van der Waals surface area contributed by atoms with Gasteiger partial charge in [0.25, 0.3) is 0 Å². The van der Waals surface area contributed by atoms with Crippen molar-refractivity contribution in [2.24, 2.45) is 0 Å². The SMILES string of the molecule is COc1ccc([C@@H]2c3cccn3CCN2S(=O)(=O)c2ccc3ccccc3c2)cc1OC. The minimum Gasteiger partial charge on any atom is -0.493 e. The lowest BCUT2D eigenvalue weighted by atomic mass is 10.0. The average molecular weight is 449 g/mol. The van der Waals surface area contributed by atoms with Gasteiger partial charge in [0.2, 0.25) is 10.0 Å². The van der Waals surface area contributed by atoms with Gasteiger partial charge in [0.05, 0.1) is 25.2 Å². The van der Waals surface area contributed by atoms with E-state index in [4.69, 9.17) is 9.47 Å². The molecule has 3 aromatic carbocycles. The lowest BCUT2D eigenvalue weighted by Gasteiger charge is -2.36. The number of sulfonamides is 1. The van der Waals surface area contributed by atoms with Crippen LogP contribution in [0.1, 0.15) is 17.3 Å². The number of benzene rings is 3. The molecule has 164 valence electrons. The van der Waals surface area contributed by atoms with Crippen molar-refractivity contribution in [3.8, 4) is 11.5 Å². The van der Waals surface area contributed by atoms with E-state index in [0.717, 1.165) is 22.0 Å². The monoisotopic (exact) mass is 448 g/mol. The van der Waals surface area contributed by atoms with Gasteiger partial charge in [-0.15, -0.1) is 0 Å². The van der Waals surface area contributed by atoms with Gasteiger partial charge in [0, 0.05) is 25.0 Å². The van der Waals surface area contributed by atoms with Crippen LogP contribution in [0.15, 0.2) is 83.9 Å². The fourth-order valence-electron chi connectivity index (χ4n) is 4.44. The van der Waals surface area contributed by atoms with Crippen LogP contribution in [0.25, 0.3) is 10.8 Å². The lowest BCUT2D eigenvalue weighted by molar-refractivity contribution is 0.296. The largest absolute Gasteiger partial charge is 0.493 e. The van der Waals surface area contributed by atoms with Crippen LogP contribution < -0.4 is 9.47 Å². The highest BCUT2D eigenvalue weighted by Crippen LogP contribution is 2.40. The molecule has 7 heteroatoms. The van der Waals surface area contributed by atoms with Crippen molar-refractivity contribution in [3.05, 3.63) is 90.3 Å². The third-order valence-electron chi connectivity index (χ3n) is 6.04. The lowest BCUT2D eigenvalue weighted by Crippen LogP contribution is -2.42. The zero-order valence-corrected chi connectivity index (χ0v) is 18.7. The molecule has 32 heavy (non-hydrogen) atoms. The second kappa shape index (κ2) is 8.00. The molecule has 4 aromatic rings. The normalized spacial score (nSPS) is 16.6. The Labute approximate surface area is 187 Å². The van der Waals surface area contributed by atoms with E-state index in [0.29, 0.717) is 29.5 Å². The molecule has 1 aliphatic rings. The van der Waals surface area contributed by atoms with Gasteiger partial charge >= 0.3 is 0 Å². The third-order valence-corrected chi connectivity index (χ3v) is 7.91. The molecule has 0 saturated heterocycles. The molecular formula is C25H24N2O4S. The Morgan fingerprint density at radius 3 is 2.38 bits per heavy atom. The average Bonchev–Trinajstić information content (AvgIpc) is 3.31. The summed E-state index contributed by atoms with van der Waals surface area (Å²) in [5.74, 6) is 1.17. The molecule has 1 aliphatic heterocycles. The highest BCUT2D eigenvalue weighted by atomic mass is 32.2. The number of hydrogen-bond acceptors (Lipinski definition) is 4. The van der Waals surface area contributed by atoms with Crippen LogP contribution in [0.3, 0.4) is 0 Å². The van der Waals surface area contributed by atoms with E-state index in [-0.39, 0.29) is 0 Å². The summed E-state index contributed by atoms with van der Waals surface area (Å²) in [5.41, 5.74) is 1.75. The van der Waals surface area contributed by atoms with Crippen LogP contribution >= 0.6 is 0 Å². The van der Waals surface area contributed by atoms with Gasteiger partial charge < -0.3 is 14.0 Å². The summed E-state index contributed by atoms with van der Waals surface area (Å²) in [4.78, 5) is 0.293. The van der Waals surface area contributed by atoms with Crippen LogP contribution in [0.4, 0.5) is 0 Å². The van der Waals surface area contributed by atoms with Gasteiger partial charge in [0.15, 0.2) is 11.5 Å². The first kappa shape index (κ1) is 20.6. The predicted octanol–water partition coefficient (Wildman–Crippen LogP) is 4.45. The first-order valence-corrected chi connectivity index (χ1v) is 11.8. The van der Waals surface area contributed by atoms with E-state index in [1.165, 1.54) is 0 Å². The van der Waals surface area contributed by atoms with Crippen LogP contribution in [0.5, 0.6) is 11.5 Å². The Bertz CT molecular complexity index is 1390. The molecule has 0 amide bonds. The Morgan fingerprint density at radius 1 is 0.812 bits per heavy atom. The Balaban J connectivity index is 1.64. The van der Waals surface area contributed by atoms with Crippen LogP contribution in [0, 0.1) is 0 Å². The van der Waals surface area contributed by atoms with E-state index >= 15 is 0 Å². The molecule has 0 spiro atoms. The highest BCUT2D eigenvalue weighted by molar-refractivity contribution is 7.89. The maximum Gasteiger partial charge on any atom is 0.244 e. The molecule has 5 rings (SSSR count). The van der Waals surface area contributed by atoms with Crippen molar-refractivity contribution in [1.82, 2.24) is 8.87 Å².